The van der Waals surface area contributed by atoms with Crippen LogP contribution in [-0.2, 0) is 11.2 Å². The summed E-state index contributed by atoms with van der Waals surface area (Å²) in [7, 11) is 0. The maximum atomic E-state index is 12.7. The lowest BCUT2D eigenvalue weighted by molar-refractivity contribution is -0.122. The van der Waals surface area contributed by atoms with Gasteiger partial charge in [-0.1, -0.05) is 48.5 Å². The average Bonchev–Trinajstić information content (AvgIpc) is 3.29. The van der Waals surface area contributed by atoms with Gasteiger partial charge in [0.05, 0.1) is 4.91 Å². The van der Waals surface area contributed by atoms with Crippen LogP contribution in [0.3, 0.4) is 0 Å². The van der Waals surface area contributed by atoms with E-state index in [-0.39, 0.29) is 11.1 Å². The molecule has 0 atom stereocenters. The topological polar surface area (TPSA) is 42.3 Å². The molecule has 1 saturated heterocycles. The minimum atomic E-state index is -0.205. The first-order valence-corrected chi connectivity index (χ1v) is 10.1. The quantitative estimate of drug-likeness (QED) is 0.549. The molecule has 0 N–H and O–H groups in total. The van der Waals surface area contributed by atoms with Crippen LogP contribution in [0.4, 0.5) is 4.79 Å². The van der Waals surface area contributed by atoms with Crippen molar-refractivity contribution >= 4 is 29.0 Å². The summed E-state index contributed by atoms with van der Waals surface area (Å²) in [4.78, 5) is 26.9. The van der Waals surface area contributed by atoms with E-state index in [9.17, 15) is 9.59 Å². The van der Waals surface area contributed by atoms with Crippen LogP contribution in [0.15, 0.2) is 83.9 Å². The van der Waals surface area contributed by atoms with Gasteiger partial charge in [-0.25, -0.2) is 0 Å². The van der Waals surface area contributed by atoms with E-state index in [1.54, 1.807) is 6.08 Å². The van der Waals surface area contributed by atoms with Crippen LogP contribution in [0.25, 0.3) is 11.8 Å². The van der Waals surface area contributed by atoms with Crippen molar-refractivity contribution in [3.63, 3.8) is 0 Å². The number of carbonyl (C=O) groups excluding carboxylic acids is 2. The van der Waals surface area contributed by atoms with Gasteiger partial charge in [-0.3, -0.25) is 14.5 Å². The fourth-order valence-electron chi connectivity index (χ4n) is 3.25. The summed E-state index contributed by atoms with van der Waals surface area (Å²) in [5.41, 5.74) is 3.10. The number of nitrogens with zero attached hydrogens (tertiary/aromatic N) is 2. The van der Waals surface area contributed by atoms with Gasteiger partial charge in [0.25, 0.3) is 11.1 Å². The average molecular weight is 388 g/mol. The fourth-order valence-corrected chi connectivity index (χ4v) is 4.10. The number of aromatic nitrogens is 1. The highest BCUT2D eigenvalue weighted by atomic mass is 32.2. The lowest BCUT2D eigenvalue weighted by Gasteiger charge is -2.12. The van der Waals surface area contributed by atoms with E-state index >= 15 is 0 Å². The van der Waals surface area contributed by atoms with Crippen molar-refractivity contribution < 1.29 is 9.59 Å². The Balaban J connectivity index is 1.46. The number of benzene rings is 2. The summed E-state index contributed by atoms with van der Waals surface area (Å²) in [6, 6.07) is 23.9. The molecular weight excluding hydrogens is 368 g/mol. The second-order valence-corrected chi connectivity index (χ2v) is 7.55. The number of imide groups is 1. The minimum Gasteiger partial charge on any atom is -0.317 e. The van der Waals surface area contributed by atoms with E-state index in [0.717, 1.165) is 36.0 Å². The first-order valence-electron chi connectivity index (χ1n) is 9.24. The molecule has 1 fully saturated rings. The third kappa shape index (κ3) is 3.94. The van der Waals surface area contributed by atoms with Crippen LogP contribution >= 0.6 is 11.8 Å². The zero-order valence-corrected chi connectivity index (χ0v) is 16.1. The Kier molecular flexibility index (Phi) is 5.44. The van der Waals surface area contributed by atoms with Gasteiger partial charge >= 0.3 is 0 Å². The predicted octanol–water partition coefficient (Wildman–Crippen LogP) is 5.15. The monoisotopic (exact) mass is 388 g/mol. The van der Waals surface area contributed by atoms with Gasteiger partial charge in [0.1, 0.15) is 0 Å². The van der Waals surface area contributed by atoms with Crippen LogP contribution in [0.2, 0.25) is 0 Å². The number of rotatable bonds is 6. The minimum absolute atomic E-state index is 0.192. The van der Waals surface area contributed by atoms with Crippen LogP contribution in [0, 0.1) is 0 Å². The molecule has 0 saturated carbocycles. The van der Waals surface area contributed by atoms with Gasteiger partial charge in [0, 0.05) is 24.1 Å². The Morgan fingerprint density at radius 2 is 1.57 bits per heavy atom. The molecule has 2 heterocycles. The molecule has 2 amide bonds. The van der Waals surface area contributed by atoms with E-state index < -0.39 is 0 Å². The van der Waals surface area contributed by atoms with Gasteiger partial charge in [0.15, 0.2) is 0 Å². The molecule has 0 unspecified atom stereocenters. The molecule has 1 aromatic heterocycles. The molecule has 2 aromatic carbocycles. The van der Waals surface area contributed by atoms with E-state index in [0.29, 0.717) is 11.4 Å². The van der Waals surface area contributed by atoms with Crippen LogP contribution in [0.5, 0.6) is 0 Å². The van der Waals surface area contributed by atoms with E-state index in [1.165, 1.54) is 10.5 Å². The van der Waals surface area contributed by atoms with Crippen LogP contribution < -0.4 is 0 Å². The number of thioether (sulfide) groups is 1. The lowest BCUT2D eigenvalue weighted by Crippen LogP contribution is -2.29. The molecule has 1 aliphatic rings. The van der Waals surface area contributed by atoms with Crippen molar-refractivity contribution in [3.8, 4) is 5.69 Å². The Hall–Kier alpha value is -3.05. The first-order chi connectivity index (χ1) is 13.7. The molecule has 0 radical (unpaired) electrons. The maximum Gasteiger partial charge on any atom is 0.293 e. The Morgan fingerprint density at radius 1 is 0.857 bits per heavy atom. The molecule has 140 valence electrons. The number of aryl methyl sites for hydroxylation is 1. The SMILES string of the molecule is O=C1S/C(=C/c2cccn2-c2ccccc2)C(=O)N1CCCc1ccccc1. The molecule has 0 spiro atoms. The Bertz CT molecular complexity index is 1010. The molecule has 3 aromatic rings. The van der Waals surface area contributed by atoms with Crippen molar-refractivity contribution in [2.45, 2.75) is 12.8 Å². The van der Waals surface area contributed by atoms with Gasteiger partial charge in [-0.05, 0) is 60.5 Å². The zero-order valence-electron chi connectivity index (χ0n) is 15.3. The summed E-state index contributed by atoms with van der Waals surface area (Å²) >= 11 is 1.02. The lowest BCUT2D eigenvalue weighted by atomic mass is 10.1. The number of hydrogen-bond donors (Lipinski definition) is 0. The Morgan fingerprint density at radius 3 is 2.32 bits per heavy atom. The van der Waals surface area contributed by atoms with Gasteiger partial charge in [0.2, 0.25) is 0 Å². The van der Waals surface area contributed by atoms with Crippen molar-refractivity contribution in [3.05, 3.63) is 95.2 Å². The molecule has 0 aliphatic carbocycles. The fraction of sp³-hybridized carbons (Fsp3) is 0.130. The second kappa shape index (κ2) is 8.31. The van der Waals surface area contributed by atoms with E-state index in [4.69, 9.17) is 0 Å². The van der Waals surface area contributed by atoms with Crippen LogP contribution in [0.1, 0.15) is 17.7 Å². The highest BCUT2D eigenvalue weighted by Crippen LogP contribution is 2.32. The largest absolute Gasteiger partial charge is 0.317 e. The summed E-state index contributed by atoms with van der Waals surface area (Å²) in [6.07, 6.45) is 5.36. The molecule has 1 aliphatic heterocycles. The number of carbonyl (C=O) groups is 2. The third-order valence-corrected chi connectivity index (χ3v) is 5.56. The molecule has 28 heavy (non-hydrogen) atoms. The smallest absolute Gasteiger partial charge is 0.293 e. The van der Waals surface area contributed by atoms with Crippen LogP contribution in [-0.4, -0.2) is 27.2 Å². The highest BCUT2D eigenvalue weighted by molar-refractivity contribution is 8.18. The van der Waals surface area contributed by atoms with E-state index in [2.05, 4.69) is 12.1 Å². The van der Waals surface area contributed by atoms with Crippen molar-refractivity contribution in [1.82, 2.24) is 9.47 Å². The molecule has 4 rings (SSSR count). The second-order valence-electron chi connectivity index (χ2n) is 6.56. The number of para-hydroxylation sites is 1. The first kappa shape index (κ1) is 18.3. The molecular formula is C23H20N2O2S. The predicted molar refractivity (Wildman–Crippen MR) is 113 cm³/mol. The van der Waals surface area contributed by atoms with Crippen molar-refractivity contribution in [2.75, 3.05) is 6.54 Å². The van der Waals surface area contributed by atoms with E-state index in [1.807, 2.05) is 71.4 Å². The van der Waals surface area contributed by atoms with Gasteiger partial charge in [-0.2, -0.15) is 0 Å². The summed E-state index contributed by atoms with van der Waals surface area (Å²) in [5.74, 6) is -0.205. The molecule has 5 heteroatoms. The third-order valence-electron chi connectivity index (χ3n) is 4.66. The summed E-state index contributed by atoms with van der Waals surface area (Å²) < 4.78 is 2.00. The normalized spacial score (nSPS) is 15.6. The summed E-state index contributed by atoms with van der Waals surface area (Å²) in [6.45, 7) is 0.441. The van der Waals surface area contributed by atoms with Crippen molar-refractivity contribution in [2.24, 2.45) is 0 Å². The maximum absolute atomic E-state index is 12.7. The van der Waals surface area contributed by atoms with Crippen molar-refractivity contribution in [1.29, 1.82) is 0 Å². The van der Waals surface area contributed by atoms with Gasteiger partial charge < -0.3 is 4.57 Å². The number of amides is 2. The zero-order chi connectivity index (χ0) is 19.3. The highest BCUT2D eigenvalue weighted by Gasteiger charge is 2.34. The van der Waals surface area contributed by atoms with Gasteiger partial charge in [-0.15, -0.1) is 0 Å². The number of hydrogen-bond acceptors (Lipinski definition) is 3. The standard InChI is InChI=1S/C23H20N2O2S/c26-22-21(17-20-14-8-15-24(20)19-12-5-2-6-13-19)28-23(27)25(22)16-7-11-18-9-3-1-4-10-18/h1-6,8-10,12-15,17H,7,11,16H2/b21-17+. The molecule has 0 bridgehead atoms. The Labute approximate surface area is 168 Å². The molecule has 4 nitrogen and oxygen atoms in total. The summed E-state index contributed by atoms with van der Waals surface area (Å²) in [5, 5.41) is -0.192.